The summed E-state index contributed by atoms with van der Waals surface area (Å²) in [5.41, 5.74) is 6.02. The number of thioether (sulfide) groups is 1. The topological polar surface area (TPSA) is 41.6 Å². The Hall–Kier alpha value is 0.350. The van der Waals surface area contributed by atoms with Crippen molar-refractivity contribution < 1.29 is 0 Å². The van der Waals surface area contributed by atoms with Crippen LogP contribution in [0.1, 0.15) is 39.0 Å². The summed E-state index contributed by atoms with van der Waals surface area (Å²) in [4.78, 5) is 6.63. The van der Waals surface area contributed by atoms with Crippen molar-refractivity contribution in [3.05, 3.63) is 0 Å². The van der Waals surface area contributed by atoms with Crippen LogP contribution in [0.3, 0.4) is 0 Å². The highest BCUT2D eigenvalue weighted by Gasteiger charge is 2.37. The predicted molar refractivity (Wildman–Crippen MR) is 87.4 cm³/mol. The number of rotatable bonds is 1. The van der Waals surface area contributed by atoms with Gasteiger partial charge in [-0.2, -0.15) is 11.8 Å². The van der Waals surface area contributed by atoms with E-state index in [1.807, 2.05) is 6.92 Å². The molecular formula is C12H24IN3S. The summed E-state index contributed by atoms with van der Waals surface area (Å²) in [7, 11) is 0. The summed E-state index contributed by atoms with van der Waals surface area (Å²) in [6, 6.07) is 0. The first-order valence-corrected chi connectivity index (χ1v) is 7.43. The fraction of sp³-hybridized carbons (Fsp3) is 0.917. The minimum Gasteiger partial charge on any atom is -0.370 e. The molecule has 0 amide bonds. The van der Waals surface area contributed by atoms with Crippen LogP contribution in [0, 0.1) is 0 Å². The van der Waals surface area contributed by atoms with E-state index in [1.54, 1.807) is 0 Å². The van der Waals surface area contributed by atoms with Gasteiger partial charge in [-0.05, 0) is 19.8 Å². The molecule has 17 heavy (non-hydrogen) atoms. The van der Waals surface area contributed by atoms with Gasteiger partial charge in [0, 0.05) is 30.1 Å². The third kappa shape index (κ3) is 3.91. The van der Waals surface area contributed by atoms with E-state index in [4.69, 9.17) is 5.73 Å². The molecule has 2 N–H and O–H groups in total. The van der Waals surface area contributed by atoms with E-state index < -0.39 is 0 Å². The number of aliphatic imine (C=N–C) groups is 1. The van der Waals surface area contributed by atoms with E-state index in [9.17, 15) is 0 Å². The maximum Gasteiger partial charge on any atom is 0.191 e. The van der Waals surface area contributed by atoms with Gasteiger partial charge < -0.3 is 10.6 Å². The summed E-state index contributed by atoms with van der Waals surface area (Å²) in [5.74, 6) is 1.97. The van der Waals surface area contributed by atoms with E-state index in [0.717, 1.165) is 25.6 Å². The first-order valence-electron chi connectivity index (χ1n) is 6.45. The molecule has 0 bridgehead atoms. The second kappa shape index (κ2) is 7.07. The zero-order valence-electron chi connectivity index (χ0n) is 10.7. The lowest BCUT2D eigenvalue weighted by Gasteiger charge is -2.45. The van der Waals surface area contributed by atoms with Gasteiger partial charge in [0.1, 0.15) is 0 Å². The lowest BCUT2D eigenvalue weighted by molar-refractivity contribution is 0.297. The average molecular weight is 369 g/mol. The Kier molecular flexibility index (Phi) is 6.40. The molecule has 0 radical (unpaired) electrons. The highest BCUT2D eigenvalue weighted by molar-refractivity contribution is 14.0. The highest BCUT2D eigenvalue weighted by Crippen LogP contribution is 2.42. The monoisotopic (exact) mass is 369 g/mol. The predicted octanol–water partition coefficient (Wildman–Crippen LogP) is 2.69. The largest absolute Gasteiger partial charge is 0.370 e. The van der Waals surface area contributed by atoms with Crippen LogP contribution in [0.15, 0.2) is 4.99 Å². The Morgan fingerprint density at radius 1 is 1.35 bits per heavy atom. The number of guanidine groups is 1. The summed E-state index contributed by atoms with van der Waals surface area (Å²) >= 11 is 2.17. The van der Waals surface area contributed by atoms with Crippen molar-refractivity contribution in [1.29, 1.82) is 0 Å². The van der Waals surface area contributed by atoms with Crippen LogP contribution in [0.5, 0.6) is 0 Å². The molecule has 0 aromatic rings. The van der Waals surface area contributed by atoms with Crippen LogP contribution in [0.25, 0.3) is 0 Å². The number of hydrogen-bond donors (Lipinski definition) is 1. The number of nitrogens with two attached hydrogens (primary N) is 1. The summed E-state index contributed by atoms with van der Waals surface area (Å²) in [6.07, 6.45) is 6.94. The maximum atomic E-state index is 6.02. The van der Waals surface area contributed by atoms with Gasteiger partial charge in [-0.3, -0.25) is 4.99 Å². The van der Waals surface area contributed by atoms with Gasteiger partial charge in [0.2, 0.25) is 0 Å². The first kappa shape index (κ1) is 15.4. The fourth-order valence-electron chi connectivity index (χ4n) is 2.80. The third-order valence-electron chi connectivity index (χ3n) is 3.66. The van der Waals surface area contributed by atoms with E-state index >= 15 is 0 Å². The van der Waals surface area contributed by atoms with Crippen molar-refractivity contribution in [2.75, 3.05) is 25.4 Å². The van der Waals surface area contributed by atoms with Gasteiger partial charge in [-0.25, -0.2) is 0 Å². The fourth-order valence-corrected chi connectivity index (χ4v) is 4.37. The molecule has 1 saturated carbocycles. The minimum atomic E-state index is 0. The summed E-state index contributed by atoms with van der Waals surface area (Å²) < 4.78 is 0.490. The van der Waals surface area contributed by atoms with Crippen molar-refractivity contribution in [2.24, 2.45) is 10.7 Å². The van der Waals surface area contributed by atoms with Crippen LogP contribution in [0.4, 0.5) is 0 Å². The molecule has 1 saturated heterocycles. The van der Waals surface area contributed by atoms with Gasteiger partial charge in [0.05, 0.1) is 0 Å². The molecule has 100 valence electrons. The van der Waals surface area contributed by atoms with E-state index in [2.05, 4.69) is 21.7 Å². The zero-order chi connectivity index (χ0) is 11.4. The molecule has 2 fully saturated rings. The van der Waals surface area contributed by atoms with Crippen molar-refractivity contribution in [2.45, 2.75) is 43.8 Å². The van der Waals surface area contributed by atoms with E-state index in [1.165, 1.54) is 37.9 Å². The minimum absolute atomic E-state index is 0. The molecule has 1 heterocycles. The Morgan fingerprint density at radius 3 is 2.71 bits per heavy atom. The standard InChI is InChI=1S/C12H23N3S.HI/c1-2-14-11(13)15-8-9-16-12(10-15)6-4-3-5-7-12;/h2-10H2,1H3,(H2,13,14);1H. The highest BCUT2D eigenvalue weighted by atomic mass is 127. The second-order valence-electron chi connectivity index (χ2n) is 4.85. The summed E-state index contributed by atoms with van der Waals surface area (Å²) in [5, 5.41) is 0. The molecule has 0 aromatic heterocycles. The van der Waals surface area contributed by atoms with Crippen molar-refractivity contribution >= 4 is 41.7 Å². The van der Waals surface area contributed by atoms with Crippen LogP contribution >= 0.6 is 35.7 Å². The molecule has 2 rings (SSSR count). The smallest absolute Gasteiger partial charge is 0.191 e. The average Bonchev–Trinajstić information content (AvgIpc) is 2.30. The van der Waals surface area contributed by atoms with Gasteiger partial charge in [-0.15, -0.1) is 24.0 Å². The molecule has 1 aliphatic carbocycles. The molecular weight excluding hydrogens is 345 g/mol. The normalized spacial score (nSPS) is 24.5. The SMILES string of the molecule is CCN=C(N)N1CCSC2(CCCCC2)C1.I. The molecule has 0 unspecified atom stereocenters. The Bertz CT molecular complexity index is 259. The number of halogens is 1. The van der Waals surface area contributed by atoms with Gasteiger partial charge >= 0.3 is 0 Å². The van der Waals surface area contributed by atoms with Crippen molar-refractivity contribution in [1.82, 2.24) is 4.90 Å². The molecule has 1 spiro atoms. The van der Waals surface area contributed by atoms with Crippen molar-refractivity contribution in [3.8, 4) is 0 Å². The first-order chi connectivity index (χ1) is 7.76. The lowest BCUT2D eigenvalue weighted by atomic mass is 9.87. The Labute approximate surface area is 126 Å². The number of hydrogen-bond acceptors (Lipinski definition) is 2. The molecule has 3 nitrogen and oxygen atoms in total. The molecule has 0 atom stereocenters. The van der Waals surface area contributed by atoms with Crippen molar-refractivity contribution in [3.63, 3.8) is 0 Å². The quantitative estimate of drug-likeness (QED) is 0.439. The Morgan fingerprint density at radius 2 is 2.06 bits per heavy atom. The molecule has 1 aliphatic heterocycles. The Balaban J connectivity index is 0.00000144. The van der Waals surface area contributed by atoms with Gasteiger partial charge in [-0.1, -0.05) is 19.3 Å². The van der Waals surface area contributed by atoms with Crippen LogP contribution < -0.4 is 5.73 Å². The van der Waals surface area contributed by atoms with E-state index in [0.29, 0.717) is 4.75 Å². The van der Waals surface area contributed by atoms with Crippen LogP contribution in [0.2, 0.25) is 0 Å². The summed E-state index contributed by atoms with van der Waals surface area (Å²) in [6.45, 7) is 5.03. The molecule has 0 aromatic carbocycles. The maximum absolute atomic E-state index is 6.02. The van der Waals surface area contributed by atoms with Crippen LogP contribution in [-0.4, -0.2) is 41.0 Å². The second-order valence-corrected chi connectivity index (χ2v) is 6.41. The zero-order valence-corrected chi connectivity index (χ0v) is 13.8. The van der Waals surface area contributed by atoms with Gasteiger partial charge in [0.15, 0.2) is 5.96 Å². The van der Waals surface area contributed by atoms with Crippen LogP contribution in [-0.2, 0) is 0 Å². The van der Waals surface area contributed by atoms with Gasteiger partial charge in [0.25, 0.3) is 0 Å². The van der Waals surface area contributed by atoms with E-state index in [-0.39, 0.29) is 24.0 Å². The lowest BCUT2D eigenvalue weighted by Crippen LogP contribution is -2.52. The third-order valence-corrected chi connectivity index (χ3v) is 5.19. The number of nitrogens with zero attached hydrogens (tertiary/aromatic N) is 2. The molecule has 5 heteroatoms. The molecule has 2 aliphatic rings.